The molecule has 40 heavy (non-hydrogen) atoms. The van der Waals surface area contributed by atoms with E-state index >= 15 is 0 Å². The second-order valence-corrected chi connectivity index (χ2v) is 11.4. The molecule has 3 rings (SSSR count). The molecule has 1 aliphatic heterocycles. The standard InChI is InChI=1S/C35H51FO4/c1-3-5-7-9-11-13-15-17-28-19-22-31(23-20-28)40-34(37)30-21-24-32(33(36)25-30)35-38-26-29(27-39-35)18-16-14-12-10-8-6-4-2/h19-25,29,35H,3-18,26-27H2,1-2H3. The Balaban J connectivity index is 1.37. The molecule has 222 valence electrons. The first kappa shape index (κ1) is 32.3. The van der Waals surface area contributed by atoms with Crippen molar-refractivity contribution in [3.8, 4) is 5.75 Å². The summed E-state index contributed by atoms with van der Waals surface area (Å²) in [6.45, 7) is 5.61. The summed E-state index contributed by atoms with van der Waals surface area (Å²) in [5, 5.41) is 0. The van der Waals surface area contributed by atoms with E-state index < -0.39 is 18.1 Å². The average Bonchev–Trinajstić information content (AvgIpc) is 2.97. The van der Waals surface area contributed by atoms with Crippen molar-refractivity contribution in [2.24, 2.45) is 5.92 Å². The van der Waals surface area contributed by atoms with Gasteiger partial charge >= 0.3 is 5.97 Å². The number of esters is 1. The van der Waals surface area contributed by atoms with Crippen LogP contribution in [-0.4, -0.2) is 19.2 Å². The molecule has 0 atom stereocenters. The van der Waals surface area contributed by atoms with Crippen LogP contribution in [0.3, 0.4) is 0 Å². The highest BCUT2D eigenvalue weighted by Crippen LogP contribution is 2.30. The molecule has 0 amide bonds. The second-order valence-electron chi connectivity index (χ2n) is 11.4. The summed E-state index contributed by atoms with van der Waals surface area (Å²) in [6.07, 6.45) is 19.3. The predicted molar refractivity (Wildman–Crippen MR) is 160 cm³/mol. The van der Waals surface area contributed by atoms with Crippen LogP contribution < -0.4 is 4.74 Å². The second kappa shape index (κ2) is 19.0. The van der Waals surface area contributed by atoms with E-state index in [2.05, 4.69) is 13.8 Å². The van der Waals surface area contributed by atoms with E-state index in [0.29, 0.717) is 30.4 Å². The van der Waals surface area contributed by atoms with E-state index in [1.54, 1.807) is 12.1 Å². The summed E-state index contributed by atoms with van der Waals surface area (Å²) >= 11 is 0. The van der Waals surface area contributed by atoms with Crippen molar-refractivity contribution in [2.45, 2.75) is 123 Å². The Morgan fingerprint density at radius 1 is 0.775 bits per heavy atom. The Morgan fingerprint density at radius 3 is 1.95 bits per heavy atom. The maximum absolute atomic E-state index is 14.9. The van der Waals surface area contributed by atoms with Crippen LogP contribution in [-0.2, 0) is 15.9 Å². The third-order valence-electron chi connectivity index (χ3n) is 7.88. The van der Waals surface area contributed by atoms with Gasteiger partial charge < -0.3 is 14.2 Å². The van der Waals surface area contributed by atoms with Gasteiger partial charge in [-0.2, -0.15) is 0 Å². The summed E-state index contributed by atoms with van der Waals surface area (Å²) in [4.78, 5) is 12.6. The fourth-order valence-corrected chi connectivity index (χ4v) is 5.30. The van der Waals surface area contributed by atoms with Crippen LogP contribution in [0.25, 0.3) is 0 Å². The molecule has 4 nitrogen and oxygen atoms in total. The van der Waals surface area contributed by atoms with Crippen molar-refractivity contribution in [1.29, 1.82) is 0 Å². The molecule has 0 N–H and O–H groups in total. The lowest BCUT2D eigenvalue weighted by Gasteiger charge is -2.30. The Bertz CT molecular complexity index is 966. The smallest absolute Gasteiger partial charge is 0.343 e. The number of hydrogen-bond acceptors (Lipinski definition) is 4. The number of aryl methyl sites for hydroxylation is 1. The van der Waals surface area contributed by atoms with Gasteiger partial charge in [0.2, 0.25) is 0 Å². The molecule has 2 aromatic carbocycles. The number of ether oxygens (including phenoxy) is 3. The minimum atomic E-state index is -0.737. The number of rotatable bonds is 19. The Morgan fingerprint density at radius 2 is 1.35 bits per heavy atom. The van der Waals surface area contributed by atoms with E-state index in [9.17, 15) is 9.18 Å². The summed E-state index contributed by atoms with van der Waals surface area (Å²) in [6, 6.07) is 12.0. The van der Waals surface area contributed by atoms with Gasteiger partial charge in [-0.15, -0.1) is 0 Å². The van der Waals surface area contributed by atoms with Crippen LogP contribution in [0.2, 0.25) is 0 Å². The van der Waals surface area contributed by atoms with E-state index in [-0.39, 0.29) is 5.56 Å². The van der Waals surface area contributed by atoms with Gasteiger partial charge in [0.25, 0.3) is 0 Å². The van der Waals surface area contributed by atoms with E-state index in [4.69, 9.17) is 14.2 Å². The number of carbonyl (C=O) groups is 1. The first-order chi connectivity index (χ1) is 19.6. The third kappa shape index (κ3) is 11.7. The van der Waals surface area contributed by atoms with Crippen LogP contribution in [0, 0.1) is 11.7 Å². The van der Waals surface area contributed by atoms with Gasteiger partial charge in [-0.1, -0.05) is 116 Å². The van der Waals surface area contributed by atoms with Gasteiger partial charge in [0.15, 0.2) is 6.29 Å². The van der Waals surface area contributed by atoms with E-state index in [1.165, 1.54) is 102 Å². The lowest BCUT2D eigenvalue weighted by molar-refractivity contribution is -0.207. The minimum absolute atomic E-state index is 0.168. The first-order valence-corrected chi connectivity index (χ1v) is 15.9. The highest BCUT2D eigenvalue weighted by atomic mass is 19.1. The third-order valence-corrected chi connectivity index (χ3v) is 7.88. The molecule has 0 unspecified atom stereocenters. The normalized spacial score (nSPS) is 17.2. The largest absolute Gasteiger partial charge is 0.423 e. The number of benzene rings is 2. The molecule has 2 aromatic rings. The van der Waals surface area contributed by atoms with Gasteiger partial charge in [0.05, 0.1) is 18.8 Å². The van der Waals surface area contributed by atoms with Gasteiger partial charge in [-0.05, 0) is 49.1 Å². The highest BCUT2D eigenvalue weighted by molar-refractivity contribution is 5.91. The van der Waals surface area contributed by atoms with Crippen molar-refractivity contribution < 1.29 is 23.4 Å². The fraction of sp³-hybridized carbons (Fsp3) is 0.629. The maximum atomic E-state index is 14.9. The monoisotopic (exact) mass is 554 g/mol. The van der Waals surface area contributed by atoms with Crippen molar-refractivity contribution in [3.63, 3.8) is 0 Å². The van der Waals surface area contributed by atoms with Crippen LogP contribution in [0.15, 0.2) is 42.5 Å². The Hall–Kier alpha value is -2.24. The van der Waals surface area contributed by atoms with E-state index in [0.717, 1.165) is 12.8 Å². The number of unbranched alkanes of at least 4 members (excludes halogenated alkanes) is 12. The lowest BCUT2D eigenvalue weighted by atomic mass is 10.0. The van der Waals surface area contributed by atoms with Gasteiger partial charge in [-0.25, -0.2) is 9.18 Å². The minimum Gasteiger partial charge on any atom is -0.423 e. The molecular formula is C35H51FO4. The molecule has 5 heteroatoms. The zero-order chi connectivity index (χ0) is 28.4. The van der Waals surface area contributed by atoms with Gasteiger partial charge in [0.1, 0.15) is 11.6 Å². The first-order valence-electron chi connectivity index (χ1n) is 15.9. The molecule has 0 aromatic heterocycles. The van der Waals surface area contributed by atoms with Gasteiger partial charge in [-0.3, -0.25) is 0 Å². The molecule has 0 spiro atoms. The molecule has 0 bridgehead atoms. The van der Waals surface area contributed by atoms with Crippen LogP contribution in [0.5, 0.6) is 5.75 Å². The number of carbonyl (C=O) groups excluding carboxylic acids is 1. The lowest BCUT2D eigenvalue weighted by Crippen LogP contribution is -2.27. The number of halogens is 1. The quantitative estimate of drug-likeness (QED) is 0.0984. The SMILES string of the molecule is CCCCCCCCCc1ccc(OC(=O)c2ccc(C3OCC(CCCCCCCCC)CO3)c(F)c2)cc1. The molecule has 1 aliphatic rings. The maximum Gasteiger partial charge on any atom is 0.343 e. The average molecular weight is 555 g/mol. The number of hydrogen-bond donors (Lipinski definition) is 0. The Labute approximate surface area is 242 Å². The van der Waals surface area contributed by atoms with Crippen molar-refractivity contribution in [1.82, 2.24) is 0 Å². The Kier molecular flexibility index (Phi) is 15.3. The predicted octanol–water partition coefficient (Wildman–Crippen LogP) is 10.1. The highest BCUT2D eigenvalue weighted by Gasteiger charge is 2.26. The molecule has 0 saturated carbocycles. The van der Waals surface area contributed by atoms with Crippen molar-refractivity contribution >= 4 is 5.97 Å². The zero-order valence-corrected chi connectivity index (χ0v) is 24.9. The summed E-state index contributed by atoms with van der Waals surface area (Å²) in [5.74, 6) is -0.282. The topological polar surface area (TPSA) is 44.8 Å². The van der Waals surface area contributed by atoms with Crippen LogP contribution in [0.4, 0.5) is 4.39 Å². The summed E-state index contributed by atoms with van der Waals surface area (Å²) in [5.41, 5.74) is 1.72. The molecule has 1 heterocycles. The zero-order valence-electron chi connectivity index (χ0n) is 24.9. The molecule has 0 aliphatic carbocycles. The van der Waals surface area contributed by atoms with Crippen molar-refractivity contribution in [2.75, 3.05) is 13.2 Å². The molecular weight excluding hydrogens is 503 g/mol. The fourth-order valence-electron chi connectivity index (χ4n) is 5.30. The van der Waals surface area contributed by atoms with Crippen LogP contribution >= 0.6 is 0 Å². The van der Waals surface area contributed by atoms with E-state index in [1.807, 2.05) is 24.3 Å². The molecule has 1 fully saturated rings. The summed E-state index contributed by atoms with van der Waals surface area (Å²) < 4.78 is 32.1. The molecule has 1 saturated heterocycles. The van der Waals surface area contributed by atoms with Gasteiger partial charge in [0, 0.05) is 11.5 Å². The molecule has 0 radical (unpaired) electrons. The van der Waals surface area contributed by atoms with Crippen molar-refractivity contribution in [3.05, 3.63) is 65.0 Å². The van der Waals surface area contributed by atoms with Crippen LogP contribution in [0.1, 0.15) is 138 Å². The summed E-state index contributed by atoms with van der Waals surface area (Å²) in [7, 11) is 0.